The van der Waals surface area contributed by atoms with Gasteiger partial charge in [0.2, 0.25) is 0 Å². The van der Waals surface area contributed by atoms with Crippen molar-refractivity contribution in [3.8, 4) is 11.5 Å². The number of Topliss-reactive ketones (excluding diaryl/α,β-unsaturated/α-hetero) is 1. The molecule has 166 valence electrons. The molecule has 1 aromatic heterocycles. The highest BCUT2D eigenvalue weighted by atomic mass is 16.6. The third-order valence-corrected chi connectivity index (χ3v) is 6.32. The Morgan fingerprint density at radius 1 is 1.00 bits per heavy atom. The van der Waals surface area contributed by atoms with Gasteiger partial charge in [-0.05, 0) is 18.1 Å². The molecule has 0 saturated heterocycles. The maximum Gasteiger partial charge on any atom is 0.336 e. The van der Waals surface area contributed by atoms with E-state index in [0.29, 0.717) is 44.5 Å². The summed E-state index contributed by atoms with van der Waals surface area (Å²) in [5, 5.41) is 22.3. The van der Waals surface area contributed by atoms with Crippen LogP contribution in [0.2, 0.25) is 0 Å². The molecule has 3 aromatic carbocycles. The number of carbonyl (C=O) groups is 1. The van der Waals surface area contributed by atoms with E-state index < -0.39 is 16.5 Å². The Hall–Kier alpha value is -4.72. The summed E-state index contributed by atoms with van der Waals surface area (Å²) in [7, 11) is 0. The molecule has 6 rings (SSSR count). The fourth-order valence-electron chi connectivity index (χ4n) is 4.88. The van der Waals surface area contributed by atoms with Crippen LogP contribution in [0.1, 0.15) is 38.5 Å². The van der Waals surface area contributed by atoms with Gasteiger partial charge in [0.05, 0.1) is 21.4 Å². The SMILES string of the molecule is Cc1cc(=O)oc2c3c(cc(O)c12)OC1=C(C(=O)c2ccccc21)C3c1ccc([N+](=O)[O-])cc1. The number of fused-ring (bicyclic) bond motifs is 5. The molecular weight excluding hydrogens is 438 g/mol. The van der Waals surface area contributed by atoms with Gasteiger partial charge in [0, 0.05) is 41.3 Å². The fraction of sp³-hybridized carbons (Fsp3) is 0.0769. The van der Waals surface area contributed by atoms with Crippen molar-refractivity contribution in [1.82, 2.24) is 0 Å². The summed E-state index contributed by atoms with van der Waals surface area (Å²) in [5.74, 6) is -0.516. The number of benzene rings is 3. The van der Waals surface area contributed by atoms with Crippen LogP contribution in [-0.4, -0.2) is 15.8 Å². The lowest BCUT2D eigenvalue weighted by Crippen LogP contribution is -2.18. The first-order valence-electron chi connectivity index (χ1n) is 10.5. The number of nitro benzene ring substituents is 1. The average molecular weight is 453 g/mol. The number of rotatable bonds is 2. The minimum atomic E-state index is -0.743. The Morgan fingerprint density at radius 3 is 2.41 bits per heavy atom. The number of carbonyl (C=O) groups excluding carboxylic acids is 1. The standard InChI is InChI=1S/C26H15NO7/c1-12-10-19(29)34-26-20(12)17(28)11-18-22(26)21(13-6-8-14(9-7-13)27(31)32)23-24(30)15-4-2-3-5-16(15)25(23)33-18/h2-11,21,28H,1H3. The zero-order valence-corrected chi connectivity index (χ0v) is 17.7. The van der Waals surface area contributed by atoms with Crippen molar-refractivity contribution in [1.29, 1.82) is 0 Å². The Morgan fingerprint density at radius 2 is 1.71 bits per heavy atom. The van der Waals surface area contributed by atoms with Crippen LogP contribution in [0.5, 0.6) is 11.5 Å². The third-order valence-electron chi connectivity index (χ3n) is 6.32. The predicted octanol–water partition coefficient (Wildman–Crippen LogP) is 4.85. The van der Waals surface area contributed by atoms with Crippen LogP contribution in [0.25, 0.3) is 16.7 Å². The number of ketones is 1. The van der Waals surface area contributed by atoms with Crippen molar-refractivity contribution >= 4 is 28.2 Å². The van der Waals surface area contributed by atoms with Gasteiger partial charge in [-0.2, -0.15) is 0 Å². The molecule has 1 aliphatic heterocycles. The third kappa shape index (κ3) is 2.65. The number of ether oxygens (including phenoxy) is 1. The van der Waals surface area contributed by atoms with E-state index in [9.17, 15) is 24.8 Å². The lowest BCUT2D eigenvalue weighted by molar-refractivity contribution is -0.384. The van der Waals surface area contributed by atoms with Gasteiger partial charge < -0.3 is 14.3 Å². The topological polar surface area (TPSA) is 120 Å². The van der Waals surface area contributed by atoms with Gasteiger partial charge in [-0.15, -0.1) is 0 Å². The smallest absolute Gasteiger partial charge is 0.336 e. The van der Waals surface area contributed by atoms with Gasteiger partial charge in [-0.3, -0.25) is 14.9 Å². The van der Waals surface area contributed by atoms with Gasteiger partial charge in [0.1, 0.15) is 22.8 Å². The molecule has 8 nitrogen and oxygen atoms in total. The van der Waals surface area contributed by atoms with Gasteiger partial charge in [0.25, 0.3) is 5.69 Å². The fourth-order valence-corrected chi connectivity index (χ4v) is 4.88. The first-order valence-corrected chi connectivity index (χ1v) is 10.5. The van der Waals surface area contributed by atoms with Crippen molar-refractivity contribution in [3.05, 3.63) is 115 Å². The van der Waals surface area contributed by atoms with E-state index in [0.717, 1.165) is 0 Å². The molecule has 2 aliphatic rings. The quantitative estimate of drug-likeness (QED) is 0.262. The lowest BCUT2D eigenvalue weighted by atomic mass is 9.80. The van der Waals surface area contributed by atoms with E-state index in [4.69, 9.17) is 9.15 Å². The number of phenols is 1. The van der Waals surface area contributed by atoms with E-state index in [1.165, 1.54) is 24.3 Å². The highest BCUT2D eigenvalue weighted by Crippen LogP contribution is 2.54. The Labute approximate surface area is 191 Å². The van der Waals surface area contributed by atoms with Crippen LogP contribution in [0, 0.1) is 17.0 Å². The first-order chi connectivity index (χ1) is 16.3. The van der Waals surface area contributed by atoms with E-state index in [1.54, 1.807) is 43.3 Å². The number of nitrogens with zero attached hydrogens (tertiary/aromatic N) is 1. The van der Waals surface area contributed by atoms with Crippen molar-refractivity contribution < 1.29 is 24.0 Å². The van der Waals surface area contributed by atoms with Crippen LogP contribution in [0.3, 0.4) is 0 Å². The number of nitro groups is 1. The molecule has 1 aliphatic carbocycles. The summed E-state index contributed by atoms with van der Waals surface area (Å²) in [6.45, 7) is 1.68. The van der Waals surface area contributed by atoms with Gasteiger partial charge in [0.15, 0.2) is 5.78 Å². The number of aryl methyl sites for hydroxylation is 1. The van der Waals surface area contributed by atoms with Crippen molar-refractivity contribution in [2.45, 2.75) is 12.8 Å². The number of allylic oxidation sites excluding steroid dienone is 1. The largest absolute Gasteiger partial charge is 0.507 e. The number of hydrogen-bond acceptors (Lipinski definition) is 7. The monoisotopic (exact) mass is 453 g/mol. The molecule has 4 aromatic rings. The van der Waals surface area contributed by atoms with E-state index >= 15 is 0 Å². The molecule has 1 atom stereocenters. The summed E-state index contributed by atoms with van der Waals surface area (Å²) in [5.41, 5.74) is 2.34. The molecular formula is C26H15NO7. The first kappa shape index (κ1) is 19.9. The highest BCUT2D eigenvalue weighted by molar-refractivity contribution is 6.22. The molecule has 0 amide bonds. The Bertz CT molecular complexity index is 1660. The number of hydrogen-bond donors (Lipinski definition) is 1. The second kappa shape index (κ2) is 6.89. The summed E-state index contributed by atoms with van der Waals surface area (Å²) in [6.07, 6.45) is 0. The molecule has 0 saturated carbocycles. The zero-order valence-electron chi connectivity index (χ0n) is 17.7. The van der Waals surface area contributed by atoms with E-state index in [-0.39, 0.29) is 28.6 Å². The van der Waals surface area contributed by atoms with Crippen LogP contribution in [0.15, 0.2) is 75.4 Å². The van der Waals surface area contributed by atoms with Crippen molar-refractivity contribution in [2.75, 3.05) is 0 Å². The van der Waals surface area contributed by atoms with Gasteiger partial charge in [-0.1, -0.05) is 36.4 Å². The summed E-state index contributed by atoms with van der Waals surface area (Å²) >= 11 is 0. The predicted molar refractivity (Wildman–Crippen MR) is 122 cm³/mol. The molecule has 2 heterocycles. The van der Waals surface area contributed by atoms with E-state index in [2.05, 4.69) is 0 Å². The Kier molecular flexibility index (Phi) is 4.04. The molecule has 0 radical (unpaired) electrons. The van der Waals surface area contributed by atoms with Crippen LogP contribution >= 0.6 is 0 Å². The minimum absolute atomic E-state index is 0.0933. The molecule has 8 heteroatoms. The van der Waals surface area contributed by atoms with Crippen LogP contribution in [-0.2, 0) is 0 Å². The van der Waals surface area contributed by atoms with E-state index in [1.807, 2.05) is 0 Å². The molecule has 0 fully saturated rings. The van der Waals surface area contributed by atoms with Crippen LogP contribution in [0.4, 0.5) is 5.69 Å². The number of phenolic OH excluding ortho intramolecular Hbond substituents is 1. The van der Waals surface area contributed by atoms with Gasteiger partial charge >= 0.3 is 5.63 Å². The summed E-state index contributed by atoms with van der Waals surface area (Å²) in [6, 6.07) is 15.6. The maximum atomic E-state index is 13.5. The average Bonchev–Trinajstić information content (AvgIpc) is 3.09. The number of non-ortho nitro benzene ring substituents is 1. The maximum absolute atomic E-state index is 13.5. The minimum Gasteiger partial charge on any atom is -0.507 e. The number of aromatic hydroxyl groups is 1. The Balaban J connectivity index is 1.71. The van der Waals surface area contributed by atoms with Gasteiger partial charge in [-0.25, -0.2) is 4.79 Å². The van der Waals surface area contributed by atoms with Crippen molar-refractivity contribution in [2.24, 2.45) is 0 Å². The highest BCUT2D eigenvalue weighted by Gasteiger charge is 2.43. The molecule has 1 unspecified atom stereocenters. The molecule has 0 bridgehead atoms. The van der Waals surface area contributed by atoms with Crippen molar-refractivity contribution in [3.63, 3.8) is 0 Å². The second-order valence-corrected chi connectivity index (χ2v) is 8.26. The lowest BCUT2D eigenvalue weighted by Gasteiger charge is -2.28. The molecule has 34 heavy (non-hydrogen) atoms. The zero-order chi connectivity index (χ0) is 23.7. The molecule has 1 N–H and O–H groups in total. The summed E-state index contributed by atoms with van der Waals surface area (Å²) in [4.78, 5) is 36.5. The normalized spacial score (nSPS) is 16.1. The van der Waals surface area contributed by atoms with Crippen LogP contribution < -0.4 is 10.4 Å². The summed E-state index contributed by atoms with van der Waals surface area (Å²) < 4.78 is 11.7. The molecule has 0 spiro atoms. The second-order valence-electron chi connectivity index (χ2n) is 8.26.